The van der Waals surface area contributed by atoms with Crippen molar-refractivity contribution in [2.45, 2.75) is 0 Å². The molecule has 2 amide bonds. The van der Waals surface area contributed by atoms with Crippen molar-refractivity contribution < 1.29 is 14.5 Å². The lowest BCUT2D eigenvalue weighted by Gasteiger charge is -2.09. The minimum atomic E-state index is -0.621. The van der Waals surface area contributed by atoms with Crippen molar-refractivity contribution >= 4 is 52.5 Å². The van der Waals surface area contributed by atoms with E-state index in [0.29, 0.717) is 11.1 Å². The van der Waals surface area contributed by atoms with E-state index in [1.165, 1.54) is 48.8 Å². The maximum atomic E-state index is 11.8. The SMILES string of the molecule is O=C(/C=C/c1ccc(Cl)c([N+](=O)[O-])c1)NC(=S)NNC(=O)c1ccncc1. The number of thiocarbonyl (C=S) groups is 1. The normalized spacial score (nSPS) is 10.3. The third-order valence-electron chi connectivity index (χ3n) is 3.06. The van der Waals surface area contributed by atoms with E-state index < -0.39 is 16.7 Å². The average Bonchev–Trinajstić information content (AvgIpc) is 2.66. The van der Waals surface area contributed by atoms with Crippen LogP contribution in [0, 0.1) is 10.1 Å². The largest absolute Gasteiger partial charge is 0.298 e. The number of hydrogen-bond donors (Lipinski definition) is 3. The molecule has 0 atom stereocenters. The van der Waals surface area contributed by atoms with Gasteiger partial charge in [-0.15, -0.1) is 0 Å². The van der Waals surface area contributed by atoms with Crippen LogP contribution in [0.2, 0.25) is 5.02 Å². The highest BCUT2D eigenvalue weighted by molar-refractivity contribution is 7.80. The fourth-order valence-corrected chi connectivity index (χ4v) is 2.16. The zero-order chi connectivity index (χ0) is 19.8. The highest BCUT2D eigenvalue weighted by Crippen LogP contribution is 2.25. The summed E-state index contributed by atoms with van der Waals surface area (Å²) in [5, 5.41) is 13.0. The molecule has 0 aliphatic carbocycles. The summed E-state index contributed by atoms with van der Waals surface area (Å²) in [5.41, 5.74) is 5.20. The first-order valence-electron chi connectivity index (χ1n) is 7.30. The molecule has 9 nitrogen and oxygen atoms in total. The quantitative estimate of drug-likeness (QED) is 0.307. The Morgan fingerprint density at radius 3 is 2.56 bits per heavy atom. The molecular weight excluding hydrogens is 394 g/mol. The maximum Gasteiger partial charge on any atom is 0.288 e. The smallest absolute Gasteiger partial charge is 0.288 e. The molecule has 3 N–H and O–H groups in total. The fourth-order valence-electron chi connectivity index (χ4n) is 1.82. The van der Waals surface area contributed by atoms with Gasteiger partial charge in [0.15, 0.2) is 5.11 Å². The van der Waals surface area contributed by atoms with Gasteiger partial charge in [-0.2, -0.15) is 0 Å². The number of nitrogens with zero attached hydrogens (tertiary/aromatic N) is 2. The van der Waals surface area contributed by atoms with Crippen LogP contribution in [0.5, 0.6) is 0 Å². The van der Waals surface area contributed by atoms with E-state index in [1.807, 2.05) is 0 Å². The summed E-state index contributed by atoms with van der Waals surface area (Å²) in [6.45, 7) is 0. The van der Waals surface area contributed by atoms with Crippen LogP contribution in [0.1, 0.15) is 15.9 Å². The molecule has 0 fully saturated rings. The molecule has 27 heavy (non-hydrogen) atoms. The van der Waals surface area contributed by atoms with Crippen LogP contribution in [0.25, 0.3) is 6.08 Å². The summed E-state index contributed by atoms with van der Waals surface area (Å²) in [4.78, 5) is 37.6. The van der Waals surface area contributed by atoms with Crippen molar-refractivity contribution in [2.75, 3.05) is 0 Å². The number of pyridine rings is 1. The number of aromatic nitrogens is 1. The van der Waals surface area contributed by atoms with E-state index in [2.05, 4.69) is 21.2 Å². The second kappa shape index (κ2) is 9.36. The van der Waals surface area contributed by atoms with E-state index in [4.69, 9.17) is 23.8 Å². The Labute approximate surface area is 163 Å². The zero-order valence-corrected chi connectivity index (χ0v) is 15.1. The van der Waals surface area contributed by atoms with Gasteiger partial charge in [-0.25, -0.2) is 0 Å². The number of halogens is 1. The summed E-state index contributed by atoms with van der Waals surface area (Å²) >= 11 is 10.6. The molecule has 0 unspecified atom stereocenters. The number of hydrogen-bond acceptors (Lipinski definition) is 6. The number of benzene rings is 1. The van der Waals surface area contributed by atoms with Crippen LogP contribution in [0.3, 0.4) is 0 Å². The van der Waals surface area contributed by atoms with Crippen LogP contribution in [0.4, 0.5) is 5.69 Å². The van der Waals surface area contributed by atoms with Gasteiger partial charge in [0.1, 0.15) is 5.02 Å². The molecule has 0 saturated heterocycles. The van der Waals surface area contributed by atoms with Crippen LogP contribution < -0.4 is 16.2 Å². The Morgan fingerprint density at radius 2 is 1.89 bits per heavy atom. The lowest BCUT2D eigenvalue weighted by atomic mass is 10.2. The second-order valence-corrected chi connectivity index (χ2v) is 5.75. The molecule has 1 aromatic carbocycles. The van der Waals surface area contributed by atoms with Gasteiger partial charge in [0.05, 0.1) is 4.92 Å². The van der Waals surface area contributed by atoms with Gasteiger partial charge in [0.2, 0.25) is 5.91 Å². The zero-order valence-electron chi connectivity index (χ0n) is 13.5. The third-order valence-corrected chi connectivity index (χ3v) is 3.59. The van der Waals surface area contributed by atoms with Gasteiger partial charge in [-0.3, -0.25) is 40.9 Å². The molecule has 0 spiro atoms. The number of hydrazine groups is 1. The number of rotatable bonds is 4. The summed E-state index contributed by atoms with van der Waals surface area (Å²) in [6.07, 6.45) is 5.41. The second-order valence-electron chi connectivity index (χ2n) is 4.93. The number of nitrogens with one attached hydrogen (secondary N) is 3. The van der Waals surface area contributed by atoms with Gasteiger partial charge < -0.3 is 0 Å². The van der Waals surface area contributed by atoms with Gasteiger partial charge >= 0.3 is 0 Å². The first-order valence-corrected chi connectivity index (χ1v) is 8.09. The molecule has 1 aromatic heterocycles. The highest BCUT2D eigenvalue weighted by Gasteiger charge is 2.12. The van der Waals surface area contributed by atoms with Crippen LogP contribution in [0.15, 0.2) is 48.8 Å². The monoisotopic (exact) mass is 405 g/mol. The van der Waals surface area contributed by atoms with Crippen molar-refractivity contribution in [3.63, 3.8) is 0 Å². The van der Waals surface area contributed by atoms with E-state index >= 15 is 0 Å². The maximum absolute atomic E-state index is 11.8. The Balaban J connectivity index is 1.87. The molecule has 0 saturated carbocycles. The van der Waals surface area contributed by atoms with E-state index in [1.54, 1.807) is 0 Å². The number of carbonyl (C=O) groups is 2. The minimum Gasteiger partial charge on any atom is -0.298 e. The molecule has 11 heteroatoms. The molecule has 0 radical (unpaired) electrons. The Kier molecular flexibility index (Phi) is 6.92. The van der Waals surface area contributed by atoms with Crippen LogP contribution in [-0.4, -0.2) is 26.8 Å². The highest BCUT2D eigenvalue weighted by atomic mass is 35.5. The topological polar surface area (TPSA) is 126 Å². The first-order chi connectivity index (χ1) is 12.9. The standard InChI is InChI=1S/C16H12ClN5O4S/c17-12-3-1-10(9-13(12)22(25)26)2-4-14(23)19-16(27)21-20-15(24)11-5-7-18-8-6-11/h1-9H,(H,20,24)(H2,19,21,23,27)/b4-2+. The van der Waals surface area contributed by atoms with E-state index in [0.717, 1.165) is 6.08 Å². The Bertz CT molecular complexity index is 920. The summed E-state index contributed by atoms with van der Waals surface area (Å²) in [7, 11) is 0. The Morgan fingerprint density at radius 1 is 1.19 bits per heavy atom. The Hall–Kier alpha value is -3.37. The van der Waals surface area contributed by atoms with Crippen LogP contribution >= 0.6 is 23.8 Å². The molecule has 2 aromatic rings. The molecule has 2 rings (SSSR count). The van der Waals surface area contributed by atoms with E-state index in [9.17, 15) is 19.7 Å². The number of nitro groups is 1. The molecule has 0 aliphatic rings. The van der Waals surface area contributed by atoms with Crippen molar-refractivity contribution in [2.24, 2.45) is 0 Å². The van der Waals surface area contributed by atoms with Crippen molar-refractivity contribution in [3.8, 4) is 0 Å². The number of amides is 2. The van der Waals surface area contributed by atoms with Gasteiger partial charge in [-0.1, -0.05) is 17.7 Å². The molecule has 138 valence electrons. The third kappa shape index (κ3) is 6.13. The lowest BCUT2D eigenvalue weighted by molar-refractivity contribution is -0.384. The summed E-state index contributed by atoms with van der Waals surface area (Å²) in [5.74, 6) is -1.05. The minimum absolute atomic E-state index is 0.00285. The first kappa shape index (κ1) is 19.9. The average molecular weight is 406 g/mol. The van der Waals surface area contributed by atoms with Gasteiger partial charge in [-0.05, 0) is 42.1 Å². The molecular formula is C16H12ClN5O4S. The fraction of sp³-hybridized carbons (Fsp3) is 0. The number of carbonyl (C=O) groups excluding carboxylic acids is 2. The lowest BCUT2D eigenvalue weighted by Crippen LogP contribution is -2.48. The molecule has 0 aliphatic heterocycles. The predicted octanol–water partition coefficient (Wildman–Crippen LogP) is 1.99. The van der Waals surface area contributed by atoms with Crippen molar-refractivity contribution in [3.05, 3.63) is 75.1 Å². The van der Waals surface area contributed by atoms with Gasteiger partial charge in [0.25, 0.3) is 11.6 Å². The van der Waals surface area contributed by atoms with E-state index in [-0.39, 0.29) is 15.8 Å². The predicted molar refractivity (Wildman–Crippen MR) is 103 cm³/mol. The summed E-state index contributed by atoms with van der Waals surface area (Å²) in [6, 6.07) is 7.12. The number of nitro benzene ring substituents is 1. The summed E-state index contributed by atoms with van der Waals surface area (Å²) < 4.78 is 0. The van der Waals surface area contributed by atoms with Crippen molar-refractivity contribution in [1.29, 1.82) is 0 Å². The van der Waals surface area contributed by atoms with Crippen molar-refractivity contribution in [1.82, 2.24) is 21.2 Å². The molecule has 1 heterocycles. The van der Waals surface area contributed by atoms with Crippen LogP contribution in [-0.2, 0) is 4.79 Å². The van der Waals surface area contributed by atoms with Gasteiger partial charge in [0, 0.05) is 30.1 Å². The molecule has 0 bridgehead atoms.